The van der Waals surface area contributed by atoms with Crippen molar-refractivity contribution in [2.24, 2.45) is 11.3 Å². The third-order valence-electron chi connectivity index (χ3n) is 7.10. The van der Waals surface area contributed by atoms with Gasteiger partial charge in [-0.2, -0.15) is 0 Å². The van der Waals surface area contributed by atoms with Crippen LogP contribution >= 0.6 is 0 Å². The van der Waals surface area contributed by atoms with Crippen LogP contribution in [0, 0.1) is 17.2 Å². The molecule has 3 nitrogen and oxygen atoms in total. The lowest BCUT2D eigenvalue weighted by atomic mass is 9.48. The summed E-state index contributed by atoms with van der Waals surface area (Å²) >= 11 is 0. The maximum Gasteiger partial charge on any atom is 0.241 e. The molecule has 1 fully saturated rings. The van der Waals surface area contributed by atoms with Gasteiger partial charge in [0.2, 0.25) is 11.8 Å². The van der Waals surface area contributed by atoms with Gasteiger partial charge < -0.3 is 0 Å². The van der Waals surface area contributed by atoms with E-state index in [1.165, 1.54) is 29.2 Å². The van der Waals surface area contributed by atoms with Crippen LogP contribution in [0.5, 0.6) is 0 Å². The molecule has 0 radical (unpaired) electrons. The molecule has 3 aliphatic carbocycles. The molecule has 3 aromatic rings. The van der Waals surface area contributed by atoms with Crippen molar-refractivity contribution >= 4 is 17.5 Å². The number of nitrogens with zero attached hydrogens (tertiary/aromatic N) is 1. The van der Waals surface area contributed by atoms with Crippen LogP contribution in [-0.4, -0.2) is 11.8 Å². The fourth-order valence-electron chi connectivity index (χ4n) is 5.95. The number of carbonyl (C=O) groups excluding carboxylic acids is 2. The number of carbonyl (C=O) groups is 2. The average Bonchev–Trinajstić information content (AvgIpc) is 2.95. The van der Waals surface area contributed by atoms with Crippen LogP contribution in [0.2, 0.25) is 0 Å². The van der Waals surface area contributed by atoms with Gasteiger partial charge in [-0.05, 0) is 53.4 Å². The van der Waals surface area contributed by atoms with Crippen molar-refractivity contribution in [1.82, 2.24) is 0 Å². The van der Waals surface area contributed by atoms with E-state index in [0.717, 1.165) is 22.3 Å². The number of imide groups is 1. The Balaban J connectivity index is 1.61. The van der Waals surface area contributed by atoms with Crippen LogP contribution in [-0.2, 0) is 9.59 Å². The Morgan fingerprint density at radius 1 is 0.793 bits per heavy atom. The van der Waals surface area contributed by atoms with Gasteiger partial charge in [-0.1, -0.05) is 48.5 Å². The van der Waals surface area contributed by atoms with Crippen molar-refractivity contribution in [2.75, 3.05) is 4.90 Å². The zero-order valence-corrected chi connectivity index (χ0v) is 15.8. The van der Waals surface area contributed by atoms with E-state index >= 15 is 0 Å². The third kappa shape index (κ3) is 1.87. The number of anilines is 1. The van der Waals surface area contributed by atoms with Crippen LogP contribution in [0.25, 0.3) is 0 Å². The van der Waals surface area contributed by atoms with Crippen molar-refractivity contribution in [1.29, 1.82) is 0 Å². The summed E-state index contributed by atoms with van der Waals surface area (Å²) < 4.78 is 13.4. The molecule has 2 amide bonds. The molecule has 1 aliphatic heterocycles. The number of amides is 2. The van der Waals surface area contributed by atoms with E-state index in [2.05, 4.69) is 24.3 Å². The number of rotatable bonds is 1. The van der Waals surface area contributed by atoms with Crippen LogP contribution in [0.4, 0.5) is 10.1 Å². The molecule has 7 rings (SSSR count). The molecule has 0 spiro atoms. The van der Waals surface area contributed by atoms with E-state index in [1.807, 2.05) is 31.2 Å². The van der Waals surface area contributed by atoms with Crippen LogP contribution < -0.4 is 4.90 Å². The highest BCUT2D eigenvalue weighted by atomic mass is 19.1. The molecule has 4 heteroatoms. The molecule has 0 aromatic heterocycles. The van der Waals surface area contributed by atoms with Crippen molar-refractivity contribution in [3.8, 4) is 0 Å². The smallest absolute Gasteiger partial charge is 0.241 e. The molecule has 1 heterocycles. The second-order valence-electron chi connectivity index (χ2n) is 8.38. The van der Waals surface area contributed by atoms with E-state index in [1.54, 1.807) is 0 Å². The molecular weight excluding hydrogens is 365 g/mol. The molecule has 0 N–H and O–H groups in total. The monoisotopic (exact) mass is 383 g/mol. The fourth-order valence-corrected chi connectivity index (χ4v) is 5.95. The lowest BCUT2D eigenvalue weighted by Crippen LogP contribution is -2.49. The molecular formula is C25H18FNO2. The molecule has 0 unspecified atom stereocenters. The predicted octanol–water partition coefficient (Wildman–Crippen LogP) is 4.61. The molecule has 0 saturated carbocycles. The summed E-state index contributed by atoms with van der Waals surface area (Å²) in [7, 11) is 0. The standard InChI is InChI=1S/C25H18FNO2/c1-25-21-18-8-4-2-6-16(18)20(17-7-3-5-9-19(17)21)22(25)23(28)27(24(25)29)15-12-10-14(26)11-13-15/h2-13,20-22H,1H3/t20?,21?,22-,25-/m0/s1. The summed E-state index contributed by atoms with van der Waals surface area (Å²) in [5.74, 6) is -1.57. The van der Waals surface area contributed by atoms with Gasteiger partial charge in [0.1, 0.15) is 5.82 Å². The summed E-state index contributed by atoms with van der Waals surface area (Å²) in [5, 5.41) is 0. The Kier molecular flexibility index (Phi) is 3.11. The molecule has 1 saturated heterocycles. The van der Waals surface area contributed by atoms with E-state index in [0.29, 0.717) is 5.69 Å². The number of halogens is 1. The van der Waals surface area contributed by atoms with E-state index in [9.17, 15) is 14.0 Å². The minimum Gasteiger partial charge on any atom is -0.274 e. The van der Waals surface area contributed by atoms with Crippen LogP contribution in [0.1, 0.15) is 41.0 Å². The van der Waals surface area contributed by atoms with Gasteiger partial charge in [-0.3, -0.25) is 9.59 Å². The van der Waals surface area contributed by atoms with Crippen LogP contribution in [0.15, 0.2) is 72.8 Å². The van der Waals surface area contributed by atoms with Gasteiger partial charge in [0, 0.05) is 11.8 Å². The minimum atomic E-state index is -0.862. The first kappa shape index (κ1) is 16.7. The lowest BCUT2D eigenvalue weighted by molar-refractivity contribution is -0.128. The van der Waals surface area contributed by atoms with Gasteiger partial charge >= 0.3 is 0 Å². The number of hydrogen-bond donors (Lipinski definition) is 0. The van der Waals surface area contributed by atoms with Crippen molar-refractivity contribution < 1.29 is 14.0 Å². The molecule has 29 heavy (non-hydrogen) atoms. The van der Waals surface area contributed by atoms with Gasteiger partial charge in [0.15, 0.2) is 0 Å². The number of hydrogen-bond acceptors (Lipinski definition) is 2. The summed E-state index contributed by atoms with van der Waals surface area (Å²) in [6.07, 6.45) is 0. The van der Waals surface area contributed by atoms with Gasteiger partial charge in [0.05, 0.1) is 17.0 Å². The summed E-state index contributed by atoms with van der Waals surface area (Å²) in [6.45, 7) is 1.94. The fraction of sp³-hybridized carbons (Fsp3) is 0.200. The van der Waals surface area contributed by atoms with Gasteiger partial charge in [0.25, 0.3) is 0 Å². The first-order chi connectivity index (χ1) is 14.0. The summed E-state index contributed by atoms with van der Waals surface area (Å²) in [6, 6.07) is 21.9. The largest absolute Gasteiger partial charge is 0.274 e. The maximum absolute atomic E-state index is 13.8. The lowest BCUT2D eigenvalue weighted by Gasteiger charge is -2.51. The Bertz CT molecular complexity index is 1150. The second-order valence-corrected chi connectivity index (χ2v) is 8.38. The van der Waals surface area contributed by atoms with Gasteiger partial charge in [-0.15, -0.1) is 0 Å². The number of benzene rings is 3. The van der Waals surface area contributed by atoms with E-state index in [4.69, 9.17) is 0 Å². The van der Waals surface area contributed by atoms with E-state index in [-0.39, 0.29) is 23.7 Å². The highest BCUT2D eigenvalue weighted by molar-refractivity contribution is 6.25. The van der Waals surface area contributed by atoms with Crippen molar-refractivity contribution in [3.05, 3.63) is 101 Å². The van der Waals surface area contributed by atoms with Crippen LogP contribution in [0.3, 0.4) is 0 Å². The normalized spacial score (nSPS) is 28.9. The Morgan fingerprint density at radius 3 is 1.86 bits per heavy atom. The summed E-state index contributed by atoms with van der Waals surface area (Å²) in [5.41, 5.74) is 4.12. The Labute approximate surface area is 167 Å². The quantitative estimate of drug-likeness (QED) is 0.576. The van der Waals surface area contributed by atoms with Crippen molar-refractivity contribution in [2.45, 2.75) is 18.8 Å². The second kappa shape index (κ2) is 5.41. The molecule has 2 atom stereocenters. The molecule has 4 aliphatic rings. The highest BCUT2D eigenvalue weighted by Gasteiger charge is 2.68. The van der Waals surface area contributed by atoms with Crippen molar-refractivity contribution in [3.63, 3.8) is 0 Å². The third-order valence-corrected chi connectivity index (χ3v) is 7.10. The molecule has 3 aromatic carbocycles. The molecule has 2 bridgehead atoms. The van der Waals surface area contributed by atoms with Gasteiger partial charge in [-0.25, -0.2) is 9.29 Å². The SMILES string of the molecule is C[C@@]12C(=O)N(c3ccc(F)cc3)C(=O)[C@@H]1C1c3ccccc3C2c2ccccc21. The topological polar surface area (TPSA) is 37.4 Å². The Morgan fingerprint density at radius 2 is 1.31 bits per heavy atom. The van der Waals surface area contributed by atoms with E-state index < -0.39 is 17.2 Å². The summed E-state index contributed by atoms with van der Waals surface area (Å²) in [4.78, 5) is 28.7. The predicted molar refractivity (Wildman–Crippen MR) is 107 cm³/mol. The minimum absolute atomic E-state index is 0.153. The first-order valence-electron chi connectivity index (χ1n) is 9.85. The maximum atomic E-state index is 13.8. The average molecular weight is 383 g/mol. The Hall–Kier alpha value is -3.27. The first-order valence-corrected chi connectivity index (χ1v) is 9.85. The zero-order valence-electron chi connectivity index (χ0n) is 15.8. The highest BCUT2D eigenvalue weighted by Crippen LogP contribution is 2.67. The zero-order chi connectivity index (χ0) is 19.9. The molecule has 142 valence electrons.